The highest BCUT2D eigenvalue weighted by Gasteiger charge is 2.33. The van der Waals surface area contributed by atoms with E-state index in [1.807, 2.05) is 0 Å². The van der Waals surface area contributed by atoms with E-state index in [1.165, 1.54) is 42.7 Å². The summed E-state index contributed by atoms with van der Waals surface area (Å²) in [5, 5.41) is 0. The smallest absolute Gasteiger partial charge is 0.355 e. The molecule has 0 radical (unpaired) electrons. The van der Waals surface area contributed by atoms with Gasteiger partial charge in [0.25, 0.3) is 0 Å². The van der Waals surface area contributed by atoms with E-state index in [0.29, 0.717) is 33.6 Å². The molecule has 85 heavy (non-hydrogen) atoms. The minimum absolute atomic E-state index is 0.0216. The number of hydrogen-bond acceptors (Lipinski definition) is 20. The molecule has 24 heteroatoms. The number of nitrogens with one attached hydrogen (secondary N) is 4. The van der Waals surface area contributed by atoms with Gasteiger partial charge in [-0.05, 0) is 70.2 Å². The normalized spacial score (nSPS) is 10.8. The van der Waals surface area contributed by atoms with Crippen molar-refractivity contribution in [2.24, 2.45) is 0 Å². The second-order valence-corrected chi connectivity index (χ2v) is 19.2. The van der Waals surface area contributed by atoms with Crippen molar-refractivity contribution >= 4 is 59.7 Å². The molecule has 0 aliphatic rings. The molecular formula is C61H68N4O20. The molecule has 0 aliphatic heterocycles. The van der Waals surface area contributed by atoms with E-state index in [4.69, 9.17) is 47.4 Å². The average molecular weight is 1180 g/mol. The van der Waals surface area contributed by atoms with Crippen LogP contribution < -0.4 is 0 Å². The molecule has 0 aliphatic carbocycles. The van der Waals surface area contributed by atoms with Gasteiger partial charge in [-0.3, -0.25) is 28.8 Å². The highest BCUT2D eigenvalue weighted by atomic mass is 16.6. The fraction of sp³-hybridized carbons (Fsp3) is 0.377. The first kappa shape index (κ1) is 64.4. The number of benzene rings is 2. The largest absolute Gasteiger partial charge is 0.469 e. The van der Waals surface area contributed by atoms with E-state index in [-0.39, 0.29) is 158 Å². The minimum Gasteiger partial charge on any atom is -0.469 e. The van der Waals surface area contributed by atoms with Gasteiger partial charge in [0.1, 0.15) is 24.6 Å². The van der Waals surface area contributed by atoms with Crippen LogP contribution >= 0.6 is 0 Å². The molecule has 0 amide bonds. The zero-order valence-electron chi connectivity index (χ0n) is 48.5. The Labute approximate surface area is 488 Å². The van der Waals surface area contributed by atoms with E-state index in [2.05, 4.69) is 19.9 Å². The van der Waals surface area contributed by atoms with Gasteiger partial charge in [-0.25, -0.2) is 19.2 Å². The van der Waals surface area contributed by atoms with Crippen molar-refractivity contribution in [3.05, 3.63) is 162 Å². The predicted octanol–water partition coefficient (Wildman–Crippen LogP) is 5.91. The first-order valence-electron chi connectivity index (χ1n) is 26.8. The van der Waals surface area contributed by atoms with Crippen LogP contribution in [0.1, 0.15) is 146 Å². The number of hydrogen-bond donors (Lipinski definition) is 4. The van der Waals surface area contributed by atoms with Gasteiger partial charge in [-0.1, -0.05) is 60.7 Å². The van der Waals surface area contributed by atoms with E-state index < -0.39 is 66.1 Å². The first-order valence-corrected chi connectivity index (χ1v) is 26.8. The molecule has 6 aromatic rings. The van der Waals surface area contributed by atoms with Crippen molar-refractivity contribution < 1.29 is 95.3 Å². The van der Waals surface area contributed by atoms with Crippen molar-refractivity contribution in [3.63, 3.8) is 0 Å². The molecule has 0 fully saturated rings. The molecule has 6 rings (SSSR count). The molecule has 4 heterocycles. The van der Waals surface area contributed by atoms with E-state index in [1.54, 1.807) is 60.7 Å². The van der Waals surface area contributed by atoms with Crippen LogP contribution in [-0.2, 0) is 147 Å². The van der Waals surface area contributed by atoms with Gasteiger partial charge >= 0.3 is 59.7 Å². The molecule has 0 spiro atoms. The maximum atomic E-state index is 14.3. The molecule has 0 saturated carbocycles. The lowest BCUT2D eigenvalue weighted by molar-refractivity contribution is -0.141. The summed E-state index contributed by atoms with van der Waals surface area (Å²) in [5.74, 6) is -7.31. The number of ether oxygens (including phenoxy) is 10. The van der Waals surface area contributed by atoms with Crippen molar-refractivity contribution in [1.29, 1.82) is 0 Å². The van der Waals surface area contributed by atoms with Crippen molar-refractivity contribution in [2.75, 3.05) is 56.9 Å². The van der Waals surface area contributed by atoms with Gasteiger partial charge in [0.05, 0.1) is 80.8 Å². The monoisotopic (exact) mass is 1180 g/mol. The van der Waals surface area contributed by atoms with Gasteiger partial charge in [0, 0.05) is 79.1 Å². The van der Waals surface area contributed by atoms with Crippen LogP contribution in [0.4, 0.5) is 0 Å². The van der Waals surface area contributed by atoms with Crippen LogP contribution in [0.25, 0.3) is 0 Å². The molecule has 4 N–H and O–H groups in total. The zero-order valence-corrected chi connectivity index (χ0v) is 48.5. The fourth-order valence-corrected chi connectivity index (χ4v) is 9.90. The highest BCUT2D eigenvalue weighted by molar-refractivity contribution is 5.99. The van der Waals surface area contributed by atoms with Gasteiger partial charge in [0.2, 0.25) is 0 Å². The van der Waals surface area contributed by atoms with Crippen LogP contribution in [0.3, 0.4) is 0 Å². The Balaban J connectivity index is 1.57. The van der Waals surface area contributed by atoms with Crippen LogP contribution in [0.2, 0.25) is 0 Å². The number of carbonyl (C=O) groups is 10. The predicted molar refractivity (Wildman–Crippen MR) is 298 cm³/mol. The Morgan fingerprint density at radius 1 is 0.318 bits per heavy atom. The average Bonchev–Trinajstić information content (AvgIpc) is 2.13. The van der Waals surface area contributed by atoms with Crippen LogP contribution in [-0.4, -0.2) is 137 Å². The summed E-state index contributed by atoms with van der Waals surface area (Å²) in [5.41, 5.74) is 4.05. The summed E-state index contributed by atoms with van der Waals surface area (Å²) in [4.78, 5) is 147. The standard InChI is InChI=1S/C61H68N4O20/c1-76-48(66)23-19-36-40(27-52(70)80-5)44(31-47-55(59(73)83-8)39(22-26-51(69)79-4)57(65-47)61(75)85-33-35-17-13-10-14-18-35)62-42(36)30-46-54(58(72)82-7)38(21-25-50(68)78-3)43(63-46)29-45-41(28-53(71)81-6)37(20-24-49(67)77-2)56(64-45)60(74)84-32-34-15-11-9-12-16-34/h9-18,62-65H,19-33H2,1-8H3. The Kier molecular flexibility index (Phi) is 23.6. The number of methoxy groups -OCH3 is 8. The second kappa shape index (κ2) is 31.1. The third kappa shape index (κ3) is 16.7. The van der Waals surface area contributed by atoms with Gasteiger partial charge < -0.3 is 67.3 Å². The third-order valence-corrected chi connectivity index (χ3v) is 14.1. The molecule has 2 aromatic carbocycles. The van der Waals surface area contributed by atoms with Crippen LogP contribution in [0, 0.1) is 0 Å². The number of carbonyl (C=O) groups excluding carboxylic acids is 10. The zero-order chi connectivity index (χ0) is 61.7. The SMILES string of the molecule is COC(=O)CCc1c(Cc2[nH]c(Cc3[nH]c(C(=O)OCc4ccccc4)c(CCC(=O)OC)c3CC(=O)OC)c(CCC(=O)OC)c2C(=O)OC)[nH]c(Cc2[nH]c(C(=O)OCc3ccccc3)c(CCC(=O)OC)c2C(=O)OC)c1CC(=O)OC. The lowest BCUT2D eigenvalue weighted by atomic mass is 9.95. The minimum atomic E-state index is -0.884. The second-order valence-electron chi connectivity index (χ2n) is 19.2. The number of H-pyrrole nitrogens is 4. The van der Waals surface area contributed by atoms with E-state index >= 15 is 0 Å². The molecule has 24 nitrogen and oxygen atoms in total. The summed E-state index contributed by atoms with van der Waals surface area (Å²) >= 11 is 0. The van der Waals surface area contributed by atoms with Crippen LogP contribution in [0.5, 0.6) is 0 Å². The lowest BCUT2D eigenvalue weighted by Crippen LogP contribution is -2.13. The summed E-state index contributed by atoms with van der Waals surface area (Å²) in [6.07, 6.45) is -2.79. The maximum Gasteiger partial charge on any atom is 0.355 e. The number of esters is 10. The molecule has 4 aromatic heterocycles. The molecule has 452 valence electrons. The lowest BCUT2D eigenvalue weighted by Gasteiger charge is -2.10. The van der Waals surface area contributed by atoms with Gasteiger partial charge in [-0.2, -0.15) is 0 Å². The number of aromatic nitrogens is 4. The maximum absolute atomic E-state index is 14.3. The van der Waals surface area contributed by atoms with Gasteiger partial charge in [0.15, 0.2) is 0 Å². The van der Waals surface area contributed by atoms with Crippen LogP contribution in [0.15, 0.2) is 60.7 Å². The molecule has 0 atom stereocenters. The van der Waals surface area contributed by atoms with Crippen molar-refractivity contribution in [2.45, 2.75) is 96.7 Å². The topological polar surface area (TPSA) is 326 Å². The summed E-state index contributed by atoms with van der Waals surface area (Å²) < 4.78 is 52.2. The summed E-state index contributed by atoms with van der Waals surface area (Å²) in [6, 6.07) is 17.7. The Morgan fingerprint density at radius 3 is 1.08 bits per heavy atom. The van der Waals surface area contributed by atoms with Crippen molar-refractivity contribution in [3.8, 4) is 0 Å². The molecule has 0 bridgehead atoms. The fourth-order valence-electron chi connectivity index (χ4n) is 9.90. The van der Waals surface area contributed by atoms with Crippen molar-refractivity contribution in [1.82, 2.24) is 19.9 Å². The quantitative estimate of drug-likeness (QED) is 0.0301. The molecular weight excluding hydrogens is 1110 g/mol. The highest BCUT2D eigenvalue weighted by Crippen LogP contribution is 2.34. The Bertz CT molecular complexity index is 3400. The van der Waals surface area contributed by atoms with Gasteiger partial charge in [-0.15, -0.1) is 0 Å². The summed E-state index contributed by atoms with van der Waals surface area (Å²) in [7, 11) is 9.48. The first-order chi connectivity index (χ1) is 40.9. The Hall–Kier alpha value is -9.74. The molecule has 0 saturated heterocycles. The Morgan fingerprint density at radius 2 is 0.635 bits per heavy atom. The van der Waals surface area contributed by atoms with E-state index in [0.717, 1.165) is 14.2 Å². The number of rotatable bonds is 30. The third-order valence-electron chi connectivity index (χ3n) is 14.1. The number of aromatic amines is 4. The molecule has 0 unspecified atom stereocenters. The van der Waals surface area contributed by atoms with E-state index in [9.17, 15) is 47.9 Å². The summed E-state index contributed by atoms with van der Waals surface area (Å²) in [6.45, 7) is -0.271.